The number of anilines is 2. The number of fused-ring (bicyclic) bond motifs is 1. The largest absolute Gasteiger partial charge is 0.379 e. The number of morpholine rings is 1. The van der Waals surface area contributed by atoms with Gasteiger partial charge in [0.25, 0.3) is 0 Å². The fourth-order valence-corrected chi connectivity index (χ4v) is 3.85. The maximum atomic E-state index is 12.5. The molecule has 2 N–H and O–H groups in total. The van der Waals surface area contributed by atoms with Crippen molar-refractivity contribution >= 4 is 28.2 Å². The first-order chi connectivity index (χ1) is 15.7. The third-order valence-electron chi connectivity index (χ3n) is 5.46. The highest BCUT2D eigenvalue weighted by Crippen LogP contribution is 2.22. The minimum Gasteiger partial charge on any atom is -0.379 e. The van der Waals surface area contributed by atoms with Crippen LogP contribution in [0.15, 0.2) is 60.9 Å². The first-order valence-electron chi connectivity index (χ1n) is 10.7. The molecule has 4 aromatic rings. The third-order valence-corrected chi connectivity index (χ3v) is 5.46. The number of nitrogens with zero attached hydrogens (tertiary/aromatic N) is 4. The third kappa shape index (κ3) is 4.82. The van der Waals surface area contributed by atoms with Crippen molar-refractivity contribution in [2.24, 2.45) is 0 Å². The molecule has 0 unspecified atom stereocenters. The number of aromatic nitrogens is 4. The van der Waals surface area contributed by atoms with Crippen molar-refractivity contribution in [2.45, 2.75) is 6.42 Å². The van der Waals surface area contributed by atoms with Gasteiger partial charge >= 0.3 is 0 Å². The van der Waals surface area contributed by atoms with E-state index in [2.05, 4.69) is 30.4 Å². The fourth-order valence-electron chi connectivity index (χ4n) is 3.85. The topological polar surface area (TPSA) is 96.0 Å². The quantitative estimate of drug-likeness (QED) is 0.467. The Morgan fingerprint density at radius 1 is 1.12 bits per heavy atom. The summed E-state index contributed by atoms with van der Waals surface area (Å²) in [7, 11) is 0. The van der Waals surface area contributed by atoms with Crippen molar-refractivity contribution in [3.63, 3.8) is 0 Å². The van der Waals surface area contributed by atoms with Crippen LogP contribution < -0.4 is 5.32 Å². The first kappa shape index (κ1) is 20.3. The lowest BCUT2D eigenvalue weighted by molar-refractivity contribution is -0.120. The van der Waals surface area contributed by atoms with Crippen molar-refractivity contribution in [3.8, 4) is 11.4 Å². The second-order valence-electron chi connectivity index (χ2n) is 7.87. The van der Waals surface area contributed by atoms with E-state index in [0.29, 0.717) is 37.8 Å². The van der Waals surface area contributed by atoms with Gasteiger partial charge in [-0.05, 0) is 35.9 Å². The van der Waals surface area contributed by atoms with Crippen LogP contribution in [0.2, 0.25) is 0 Å². The molecule has 0 atom stereocenters. The van der Waals surface area contributed by atoms with Crippen molar-refractivity contribution in [2.75, 3.05) is 38.2 Å². The Balaban J connectivity index is 1.28. The molecule has 0 radical (unpaired) electrons. The van der Waals surface area contributed by atoms with Crippen LogP contribution in [0.5, 0.6) is 0 Å². The Morgan fingerprint density at radius 2 is 2.03 bits per heavy atom. The van der Waals surface area contributed by atoms with Crippen molar-refractivity contribution in [3.05, 3.63) is 66.5 Å². The highest BCUT2D eigenvalue weighted by molar-refractivity contribution is 5.83. The normalized spacial score (nSPS) is 14.5. The molecule has 1 aliphatic rings. The zero-order valence-electron chi connectivity index (χ0n) is 17.6. The van der Waals surface area contributed by atoms with Crippen molar-refractivity contribution in [1.29, 1.82) is 0 Å². The van der Waals surface area contributed by atoms with Gasteiger partial charge in [-0.15, -0.1) is 0 Å². The Bertz CT molecular complexity index is 1230. The molecule has 162 valence electrons. The molecule has 0 amide bonds. The molecule has 1 fully saturated rings. The summed E-state index contributed by atoms with van der Waals surface area (Å²) in [5, 5.41) is 11.4. The number of carbonyl (C=O) groups is 1. The predicted octanol–water partition coefficient (Wildman–Crippen LogP) is 3.21. The number of H-pyrrole nitrogens is 1. The maximum Gasteiger partial charge on any atom is 0.161 e. The summed E-state index contributed by atoms with van der Waals surface area (Å²) < 4.78 is 5.35. The van der Waals surface area contributed by atoms with Crippen molar-refractivity contribution < 1.29 is 9.53 Å². The predicted molar refractivity (Wildman–Crippen MR) is 123 cm³/mol. The molecule has 2 aromatic heterocycles. The zero-order chi connectivity index (χ0) is 21.8. The number of hydrogen-bond acceptors (Lipinski definition) is 7. The van der Waals surface area contributed by atoms with Crippen LogP contribution in [-0.2, 0) is 16.0 Å². The number of ketones is 1. The summed E-state index contributed by atoms with van der Waals surface area (Å²) in [6.45, 7) is 3.48. The molecule has 3 heterocycles. The lowest BCUT2D eigenvalue weighted by Gasteiger charge is -2.25. The number of carbonyl (C=O) groups excluding carboxylic acids is 1. The van der Waals surface area contributed by atoms with E-state index in [1.165, 1.54) is 0 Å². The van der Waals surface area contributed by atoms with Gasteiger partial charge in [0.2, 0.25) is 0 Å². The number of ether oxygens (including phenoxy) is 1. The van der Waals surface area contributed by atoms with E-state index in [4.69, 9.17) is 4.74 Å². The van der Waals surface area contributed by atoms with E-state index in [9.17, 15) is 4.79 Å². The Kier molecular flexibility index (Phi) is 5.87. The van der Waals surface area contributed by atoms with Gasteiger partial charge in [-0.1, -0.05) is 18.2 Å². The van der Waals surface area contributed by atoms with Gasteiger partial charge in [-0.2, -0.15) is 5.10 Å². The van der Waals surface area contributed by atoms with Crippen molar-refractivity contribution in [1.82, 2.24) is 25.1 Å². The van der Waals surface area contributed by atoms with Gasteiger partial charge in [-0.3, -0.25) is 14.8 Å². The average Bonchev–Trinajstić information content (AvgIpc) is 3.28. The molecule has 0 bridgehead atoms. The summed E-state index contributed by atoms with van der Waals surface area (Å²) in [5.74, 6) is 1.52. The van der Waals surface area contributed by atoms with E-state index in [-0.39, 0.29) is 5.78 Å². The van der Waals surface area contributed by atoms with Crippen LogP contribution in [0.4, 0.5) is 11.5 Å². The number of benzene rings is 2. The van der Waals surface area contributed by atoms with Gasteiger partial charge in [0.05, 0.1) is 31.5 Å². The maximum absolute atomic E-state index is 12.5. The summed E-state index contributed by atoms with van der Waals surface area (Å²) in [6, 6.07) is 15.7. The molecular weight excluding hydrogens is 404 g/mol. The molecule has 5 rings (SSSR count). The minimum absolute atomic E-state index is 0.204. The van der Waals surface area contributed by atoms with Crippen LogP contribution in [0, 0.1) is 0 Å². The first-order valence-corrected chi connectivity index (χ1v) is 10.7. The molecule has 0 spiro atoms. The van der Waals surface area contributed by atoms with Crippen LogP contribution in [0.1, 0.15) is 5.56 Å². The van der Waals surface area contributed by atoms with Crippen LogP contribution in [0.25, 0.3) is 22.3 Å². The second kappa shape index (κ2) is 9.25. The van der Waals surface area contributed by atoms with Gasteiger partial charge < -0.3 is 10.1 Å². The zero-order valence-corrected chi connectivity index (χ0v) is 17.6. The number of aromatic amines is 1. The standard InChI is InChI=1S/C24H24N6O2/c31-21(16-30-8-10-32-11-9-30)13-17-2-1-3-18(12-17)24-25-7-6-23(28-24)27-20-4-5-22-19(14-20)15-26-29-22/h1-7,12,14-15H,8-11,13,16H2,(H,26,29)(H,25,27,28). The SMILES string of the molecule is O=C(Cc1cccc(-c2nccc(Nc3ccc4[nH]ncc4c3)n2)c1)CN1CCOCC1. The highest BCUT2D eigenvalue weighted by Gasteiger charge is 2.15. The molecule has 0 saturated carbocycles. The molecule has 8 nitrogen and oxygen atoms in total. The molecule has 1 saturated heterocycles. The molecule has 1 aliphatic heterocycles. The molecule has 8 heteroatoms. The van der Waals surface area contributed by atoms with Crippen LogP contribution >= 0.6 is 0 Å². The van der Waals surface area contributed by atoms with E-state index >= 15 is 0 Å². The Morgan fingerprint density at radius 3 is 2.94 bits per heavy atom. The van der Waals surface area contributed by atoms with Gasteiger partial charge in [0.1, 0.15) is 5.82 Å². The van der Waals surface area contributed by atoms with Crippen LogP contribution in [0.3, 0.4) is 0 Å². The molecule has 2 aromatic carbocycles. The monoisotopic (exact) mass is 428 g/mol. The number of hydrogen-bond donors (Lipinski definition) is 2. The number of nitrogens with one attached hydrogen (secondary N) is 2. The molecular formula is C24H24N6O2. The fraction of sp³-hybridized carbons (Fsp3) is 0.250. The summed E-state index contributed by atoms with van der Waals surface area (Å²) in [6.07, 6.45) is 3.92. The van der Waals surface area contributed by atoms with Crippen LogP contribution in [-0.4, -0.2) is 63.7 Å². The molecule has 32 heavy (non-hydrogen) atoms. The number of rotatable bonds is 7. The summed E-state index contributed by atoms with van der Waals surface area (Å²) >= 11 is 0. The Hall–Kier alpha value is -3.62. The summed E-state index contributed by atoms with van der Waals surface area (Å²) in [4.78, 5) is 23.8. The smallest absolute Gasteiger partial charge is 0.161 e. The van der Waals surface area contributed by atoms with Gasteiger partial charge in [0, 0.05) is 42.3 Å². The van der Waals surface area contributed by atoms with Gasteiger partial charge in [0.15, 0.2) is 11.6 Å². The lowest BCUT2D eigenvalue weighted by atomic mass is 10.0. The highest BCUT2D eigenvalue weighted by atomic mass is 16.5. The van der Waals surface area contributed by atoms with E-state index in [1.807, 2.05) is 48.5 Å². The molecule has 0 aliphatic carbocycles. The van der Waals surface area contributed by atoms with E-state index in [0.717, 1.165) is 40.8 Å². The lowest BCUT2D eigenvalue weighted by Crippen LogP contribution is -2.39. The summed E-state index contributed by atoms with van der Waals surface area (Å²) in [5.41, 5.74) is 3.76. The average molecular weight is 428 g/mol. The van der Waals surface area contributed by atoms with Gasteiger partial charge in [-0.25, -0.2) is 9.97 Å². The number of Topliss-reactive ketones (excluding diaryl/α,β-unsaturated/α-hetero) is 1. The Labute approximate surface area is 185 Å². The van der Waals surface area contributed by atoms with E-state index in [1.54, 1.807) is 12.4 Å². The second-order valence-corrected chi connectivity index (χ2v) is 7.87. The van der Waals surface area contributed by atoms with E-state index < -0.39 is 0 Å². The minimum atomic E-state index is 0.204.